The molecule has 0 saturated heterocycles. The number of aliphatic hydroxyl groups is 2. The molecule has 0 unspecified atom stereocenters. The maximum Gasteiger partial charge on any atom is 0.252 e. The summed E-state index contributed by atoms with van der Waals surface area (Å²) >= 11 is 3.29. The first-order valence-electron chi connectivity index (χ1n) is 7.17. The molecule has 0 aromatic heterocycles. The van der Waals surface area contributed by atoms with Crippen LogP contribution in [-0.4, -0.2) is 46.3 Å². The number of carbonyl (C=O) groups is 2. The Morgan fingerprint density at radius 1 is 1.00 bits per heavy atom. The van der Waals surface area contributed by atoms with Crippen LogP contribution in [0.5, 0.6) is 0 Å². The van der Waals surface area contributed by atoms with Crippen molar-refractivity contribution in [3.8, 4) is 0 Å². The van der Waals surface area contributed by atoms with Crippen molar-refractivity contribution in [2.75, 3.05) is 13.2 Å². The number of hydrogen-bond donors (Lipinski definition) is 4. The van der Waals surface area contributed by atoms with Crippen molar-refractivity contribution < 1.29 is 19.8 Å². The standard InChI is InChI=1S/C16H23BrN2O4/c1-15(2,8-20)18-13(22)10-5-6-12(17)11(7-10)14(23)19-16(3,4)9-21/h5-7,20-21H,8-9H2,1-4H3,(H,18,22)(H,19,23). The van der Waals surface area contributed by atoms with Gasteiger partial charge in [0.05, 0.1) is 29.9 Å². The number of rotatable bonds is 6. The van der Waals surface area contributed by atoms with Crippen molar-refractivity contribution in [2.24, 2.45) is 0 Å². The fraction of sp³-hybridized carbons (Fsp3) is 0.500. The summed E-state index contributed by atoms with van der Waals surface area (Å²) in [5, 5.41) is 23.9. The van der Waals surface area contributed by atoms with Crippen LogP contribution < -0.4 is 10.6 Å². The normalized spacial score (nSPS) is 12.0. The summed E-state index contributed by atoms with van der Waals surface area (Å²) in [5.74, 6) is -0.779. The van der Waals surface area contributed by atoms with Crippen molar-refractivity contribution in [2.45, 2.75) is 38.8 Å². The van der Waals surface area contributed by atoms with Crippen LogP contribution in [0.4, 0.5) is 0 Å². The summed E-state index contributed by atoms with van der Waals surface area (Å²) in [7, 11) is 0. The van der Waals surface area contributed by atoms with Crippen molar-refractivity contribution >= 4 is 27.7 Å². The molecular formula is C16H23BrN2O4. The van der Waals surface area contributed by atoms with E-state index in [1.165, 1.54) is 6.07 Å². The van der Waals surface area contributed by atoms with Crippen LogP contribution in [0.1, 0.15) is 48.4 Å². The Morgan fingerprint density at radius 3 is 1.96 bits per heavy atom. The molecule has 0 radical (unpaired) electrons. The molecule has 7 heteroatoms. The molecule has 128 valence electrons. The lowest BCUT2D eigenvalue weighted by molar-refractivity contribution is 0.0868. The Bertz CT molecular complexity index is 600. The van der Waals surface area contributed by atoms with Crippen molar-refractivity contribution in [1.82, 2.24) is 10.6 Å². The quantitative estimate of drug-likeness (QED) is 0.594. The van der Waals surface area contributed by atoms with Crippen LogP contribution in [0, 0.1) is 0 Å². The highest BCUT2D eigenvalue weighted by molar-refractivity contribution is 9.10. The van der Waals surface area contributed by atoms with E-state index in [1.54, 1.807) is 39.8 Å². The van der Waals surface area contributed by atoms with E-state index in [4.69, 9.17) is 0 Å². The molecule has 2 amide bonds. The number of benzene rings is 1. The average Bonchev–Trinajstić information content (AvgIpc) is 2.46. The molecule has 0 aliphatic heterocycles. The van der Waals surface area contributed by atoms with Crippen molar-refractivity contribution in [3.63, 3.8) is 0 Å². The molecule has 0 saturated carbocycles. The van der Waals surface area contributed by atoms with Gasteiger partial charge in [-0.15, -0.1) is 0 Å². The summed E-state index contributed by atoms with van der Waals surface area (Å²) in [6.45, 7) is 6.37. The summed E-state index contributed by atoms with van der Waals surface area (Å²) in [6.07, 6.45) is 0. The van der Waals surface area contributed by atoms with E-state index in [2.05, 4.69) is 26.6 Å². The number of carbonyl (C=O) groups excluding carboxylic acids is 2. The van der Waals surface area contributed by atoms with Crippen molar-refractivity contribution in [3.05, 3.63) is 33.8 Å². The Labute approximate surface area is 144 Å². The van der Waals surface area contributed by atoms with Crippen LogP contribution in [0.25, 0.3) is 0 Å². The van der Waals surface area contributed by atoms with E-state index in [-0.39, 0.29) is 19.1 Å². The van der Waals surface area contributed by atoms with E-state index in [1.807, 2.05) is 0 Å². The molecule has 6 nitrogen and oxygen atoms in total. The topological polar surface area (TPSA) is 98.7 Å². The summed E-state index contributed by atoms with van der Waals surface area (Å²) in [4.78, 5) is 24.6. The Balaban J connectivity index is 3.04. The molecule has 0 bridgehead atoms. The summed E-state index contributed by atoms with van der Waals surface area (Å²) in [5.41, 5.74) is -0.929. The molecule has 0 fully saturated rings. The van der Waals surface area contributed by atoms with E-state index in [9.17, 15) is 19.8 Å². The molecule has 0 atom stereocenters. The van der Waals surface area contributed by atoms with Gasteiger partial charge in [-0.25, -0.2) is 0 Å². The maximum absolute atomic E-state index is 12.3. The van der Waals surface area contributed by atoms with E-state index >= 15 is 0 Å². The lowest BCUT2D eigenvalue weighted by Gasteiger charge is -2.25. The largest absolute Gasteiger partial charge is 0.394 e. The number of aliphatic hydroxyl groups excluding tert-OH is 2. The first kappa shape index (κ1) is 19.6. The molecule has 0 heterocycles. The molecule has 1 rings (SSSR count). The highest BCUT2D eigenvalue weighted by Crippen LogP contribution is 2.20. The van der Waals surface area contributed by atoms with Crippen molar-refractivity contribution in [1.29, 1.82) is 0 Å². The molecule has 23 heavy (non-hydrogen) atoms. The van der Waals surface area contributed by atoms with Gasteiger partial charge in [-0.2, -0.15) is 0 Å². The maximum atomic E-state index is 12.3. The lowest BCUT2D eigenvalue weighted by Crippen LogP contribution is -2.47. The second kappa shape index (κ2) is 7.42. The van der Waals surface area contributed by atoms with Gasteiger partial charge in [0.15, 0.2) is 0 Å². The van der Waals surface area contributed by atoms with Gasteiger partial charge in [0.2, 0.25) is 0 Å². The van der Waals surface area contributed by atoms with Gasteiger partial charge in [0.1, 0.15) is 0 Å². The van der Waals surface area contributed by atoms with Gasteiger partial charge < -0.3 is 20.8 Å². The highest BCUT2D eigenvalue weighted by Gasteiger charge is 2.24. The van der Waals surface area contributed by atoms with E-state index in [0.717, 1.165) is 0 Å². The minimum Gasteiger partial charge on any atom is -0.394 e. The second-order valence-corrected chi connectivity index (χ2v) is 7.54. The number of nitrogens with one attached hydrogen (secondary N) is 2. The third-order valence-electron chi connectivity index (χ3n) is 3.17. The number of hydrogen-bond acceptors (Lipinski definition) is 4. The van der Waals surface area contributed by atoms with Gasteiger partial charge in [-0.3, -0.25) is 9.59 Å². The van der Waals surface area contributed by atoms with E-state index < -0.39 is 17.0 Å². The minimum atomic E-state index is -0.770. The Kier molecular flexibility index (Phi) is 6.33. The zero-order chi connectivity index (χ0) is 17.8. The molecule has 0 aliphatic carbocycles. The summed E-state index contributed by atoms with van der Waals surface area (Å²) in [6, 6.07) is 4.66. The molecule has 0 aliphatic rings. The van der Waals surface area contributed by atoms with Gasteiger partial charge in [0.25, 0.3) is 11.8 Å². The van der Waals surface area contributed by atoms with E-state index in [0.29, 0.717) is 15.6 Å². The van der Waals surface area contributed by atoms with Gasteiger partial charge in [-0.1, -0.05) is 0 Å². The second-order valence-electron chi connectivity index (χ2n) is 6.69. The monoisotopic (exact) mass is 386 g/mol. The average molecular weight is 387 g/mol. The predicted octanol–water partition coefficient (Wildman–Crippen LogP) is 1.45. The molecule has 4 N–H and O–H groups in total. The number of amides is 2. The predicted molar refractivity (Wildman–Crippen MR) is 91.4 cm³/mol. The van der Waals surface area contributed by atoms with Crippen LogP contribution in [0.2, 0.25) is 0 Å². The first-order chi connectivity index (χ1) is 10.5. The summed E-state index contributed by atoms with van der Waals surface area (Å²) < 4.78 is 0.543. The lowest BCUT2D eigenvalue weighted by atomic mass is 10.0. The van der Waals surface area contributed by atoms with Gasteiger partial charge in [0, 0.05) is 10.0 Å². The first-order valence-corrected chi connectivity index (χ1v) is 7.97. The fourth-order valence-corrected chi connectivity index (χ4v) is 2.10. The van der Waals surface area contributed by atoms with Crippen LogP contribution in [0.3, 0.4) is 0 Å². The third kappa shape index (κ3) is 5.60. The zero-order valence-electron chi connectivity index (χ0n) is 13.7. The number of halogens is 1. The molecule has 1 aromatic rings. The fourth-order valence-electron chi connectivity index (χ4n) is 1.67. The Hall–Kier alpha value is -1.44. The molecule has 0 spiro atoms. The zero-order valence-corrected chi connectivity index (χ0v) is 15.3. The van der Waals surface area contributed by atoms with Gasteiger partial charge in [-0.05, 0) is 61.8 Å². The van der Waals surface area contributed by atoms with Crippen LogP contribution in [0.15, 0.2) is 22.7 Å². The SMILES string of the molecule is CC(C)(CO)NC(=O)c1ccc(Br)c(C(=O)NC(C)(C)CO)c1. The molecular weight excluding hydrogens is 364 g/mol. The smallest absolute Gasteiger partial charge is 0.252 e. The Morgan fingerprint density at radius 2 is 1.48 bits per heavy atom. The highest BCUT2D eigenvalue weighted by atomic mass is 79.9. The minimum absolute atomic E-state index is 0.201. The van der Waals surface area contributed by atoms with Crippen LogP contribution in [-0.2, 0) is 0 Å². The molecule has 1 aromatic carbocycles. The van der Waals surface area contributed by atoms with Gasteiger partial charge >= 0.3 is 0 Å². The third-order valence-corrected chi connectivity index (χ3v) is 3.86. The van der Waals surface area contributed by atoms with Crippen LogP contribution >= 0.6 is 15.9 Å².